The third kappa shape index (κ3) is 56.0. The first-order valence-electron chi connectivity index (χ1n) is 30.3. The number of unbranched alkanes of at least 4 members (excludes halogenated alkanes) is 34. The molecule has 70 heavy (non-hydrogen) atoms. The zero-order valence-electron chi connectivity index (χ0n) is 46.5. The molecule has 1 atom stereocenters. The Morgan fingerprint density at radius 1 is 0.286 bits per heavy atom. The predicted molar refractivity (Wildman–Crippen MR) is 302 cm³/mol. The van der Waals surface area contributed by atoms with Crippen molar-refractivity contribution in [1.82, 2.24) is 0 Å². The van der Waals surface area contributed by atoms with E-state index in [1.165, 1.54) is 186 Å². The number of rotatable bonds is 55. The Bertz CT molecular complexity index is 1260. The largest absolute Gasteiger partial charge is 0.462 e. The van der Waals surface area contributed by atoms with Gasteiger partial charge in [0.2, 0.25) is 0 Å². The van der Waals surface area contributed by atoms with E-state index in [1.807, 2.05) is 0 Å². The van der Waals surface area contributed by atoms with Crippen LogP contribution in [0.5, 0.6) is 0 Å². The lowest BCUT2D eigenvalue weighted by atomic mass is 10.1. The smallest absolute Gasteiger partial charge is 0.306 e. The molecule has 0 aromatic heterocycles. The summed E-state index contributed by atoms with van der Waals surface area (Å²) >= 11 is 0. The van der Waals surface area contributed by atoms with E-state index >= 15 is 0 Å². The van der Waals surface area contributed by atoms with Crippen molar-refractivity contribution < 1.29 is 28.6 Å². The number of hydrogen-bond acceptors (Lipinski definition) is 6. The zero-order chi connectivity index (χ0) is 50.7. The maximum absolute atomic E-state index is 12.9. The molecule has 0 spiro atoms. The van der Waals surface area contributed by atoms with Crippen molar-refractivity contribution in [3.05, 3.63) is 60.8 Å². The van der Waals surface area contributed by atoms with Gasteiger partial charge in [0.05, 0.1) is 0 Å². The second kappa shape index (κ2) is 58.7. The van der Waals surface area contributed by atoms with Gasteiger partial charge >= 0.3 is 17.9 Å². The van der Waals surface area contributed by atoms with Gasteiger partial charge in [0.1, 0.15) is 13.2 Å². The van der Waals surface area contributed by atoms with Crippen LogP contribution in [0, 0.1) is 0 Å². The SMILES string of the molecule is CCCCCCC/C=C\C/C=C\C/C=C\CCCCCCCCC(=O)OCC(COC(=O)CCCCCCCCCCCC)OC(=O)CCCCCCCCCCC/C=C\C/C=C\CCCCCCC. The van der Waals surface area contributed by atoms with Crippen molar-refractivity contribution in [2.75, 3.05) is 13.2 Å². The van der Waals surface area contributed by atoms with Crippen LogP contribution in [0.15, 0.2) is 60.8 Å². The molecule has 0 saturated carbocycles. The van der Waals surface area contributed by atoms with Crippen LogP contribution in [-0.4, -0.2) is 37.2 Å². The fourth-order valence-corrected chi connectivity index (χ4v) is 8.66. The summed E-state index contributed by atoms with van der Waals surface area (Å²) in [5.74, 6) is -0.884. The van der Waals surface area contributed by atoms with E-state index in [9.17, 15) is 14.4 Å². The maximum Gasteiger partial charge on any atom is 0.306 e. The molecule has 0 aromatic carbocycles. The average Bonchev–Trinajstić information content (AvgIpc) is 3.36. The monoisotopic (exact) mass is 979 g/mol. The molecule has 0 aromatic rings. The minimum absolute atomic E-state index is 0.0780. The molecule has 0 saturated heterocycles. The second-order valence-electron chi connectivity index (χ2n) is 20.3. The predicted octanol–water partition coefficient (Wildman–Crippen LogP) is 20.4. The number of allylic oxidation sites excluding steroid dienone is 10. The normalized spacial score (nSPS) is 12.4. The number of hydrogen-bond donors (Lipinski definition) is 0. The van der Waals surface area contributed by atoms with Gasteiger partial charge in [-0.2, -0.15) is 0 Å². The Morgan fingerprint density at radius 2 is 0.514 bits per heavy atom. The van der Waals surface area contributed by atoms with Crippen LogP contribution in [0.4, 0.5) is 0 Å². The lowest BCUT2D eigenvalue weighted by molar-refractivity contribution is -0.167. The lowest BCUT2D eigenvalue weighted by Gasteiger charge is -2.18. The molecule has 0 rings (SSSR count). The molecule has 6 nitrogen and oxygen atoms in total. The Labute approximate surface area is 434 Å². The molecular weight excluding hydrogens is 865 g/mol. The van der Waals surface area contributed by atoms with Crippen molar-refractivity contribution in [2.24, 2.45) is 0 Å². The summed E-state index contributed by atoms with van der Waals surface area (Å²) in [6.45, 7) is 6.62. The summed E-state index contributed by atoms with van der Waals surface area (Å²) in [5.41, 5.74) is 0. The van der Waals surface area contributed by atoms with Crippen molar-refractivity contribution in [2.45, 2.75) is 316 Å². The first kappa shape index (κ1) is 67.1. The van der Waals surface area contributed by atoms with Gasteiger partial charge in [-0.3, -0.25) is 14.4 Å². The maximum atomic E-state index is 12.9. The van der Waals surface area contributed by atoms with Crippen molar-refractivity contribution in [1.29, 1.82) is 0 Å². The summed E-state index contributed by atoms with van der Waals surface area (Å²) in [5, 5.41) is 0. The standard InChI is InChI=1S/C64H114O6/c1-4-7-10-13-16-19-22-24-26-28-30-32-34-36-38-40-42-45-48-51-54-57-63(66)69-60-61(59-68-62(65)56-53-50-47-44-21-18-15-12-9-6-3)70-64(67)58-55-52-49-46-43-41-39-37-35-33-31-29-27-25-23-20-17-14-11-8-5-2/h22-25,28-31,34,36,61H,4-21,26-27,32-33,35,37-60H2,1-3H3/b24-22-,25-23-,30-28-,31-29-,36-34-. The molecule has 0 N–H and O–H groups in total. The van der Waals surface area contributed by atoms with Gasteiger partial charge in [-0.05, 0) is 89.9 Å². The van der Waals surface area contributed by atoms with E-state index in [0.29, 0.717) is 19.3 Å². The van der Waals surface area contributed by atoms with E-state index in [2.05, 4.69) is 81.5 Å². The molecule has 0 aliphatic heterocycles. The molecule has 6 heteroatoms. The van der Waals surface area contributed by atoms with Crippen LogP contribution in [-0.2, 0) is 28.6 Å². The highest BCUT2D eigenvalue weighted by Gasteiger charge is 2.19. The zero-order valence-corrected chi connectivity index (χ0v) is 46.5. The van der Waals surface area contributed by atoms with Gasteiger partial charge in [-0.1, -0.05) is 261 Å². The fraction of sp³-hybridized carbons (Fsp3) is 0.797. The summed E-state index contributed by atoms with van der Waals surface area (Å²) < 4.78 is 16.9. The first-order chi connectivity index (χ1) is 34.5. The van der Waals surface area contributed by atoms with Gasteiger partial charge in [-0.15, -0.1) is 0 Å². The van der Waals surface area contributed by atoms with Crippen molar-refractivity contribution in [3.63, 3.8) is 0 Å². The van der Waals surface area contributed by atoms with Gasteiger partial charge < -0.3 is 14.2 Å². The number of carbonyl (C=O) groups excluding carboxylic acids is 3. The molecule has 0 radical (unpaired) electrons. The van der Waals surface area contributed by atoms with Gasteiger partial charge in [0.15, 0.2) is 6.10 Å². The third-order valence-electron chi connectivity index (χ3n) is 13.2. The molecular formula is C64H114O6. The van der Waals surface area contributed by atoms with E-state index in [-0.39, 0.29) is 31.1 Å². The number of esters is 3. The summed E-state index contributed by atoms with van der Waals surface area (Å²) in [6, 6.07) is 0. The van der Waals surface area contributed by atoms with Crippen LogP contribution in [0.3, 0.4) is 0 Å². The highest BCUT2D eigenvalue weighted by Crippen LogP contribution is 2.16. The van der Waals surface area contributed by atoms with E-state index in [4.69, 9.17) is 14.2 Å². The molecule has 0 fully saturated rings. The second-order valence-corrected chi connectivity index (χ2v) is 20.3. The molecule has 406 valence electrons. The topological polar surface area (TPSA) is 78.9 Å². The van der Waals surface area contributed by atoms with Gasteiger partial charge in [-0.25, -0.2) is 0 Å². The third-order valence-corrected chi connectivity index (χ3v) is 13.2. The van der Waals surface area contributed by atoms with Crippen LogP contribution in [0.25, 0.3) is 0 Å². The minimum atomic E-state index is -0.780. The Morgan fingerprint density at radius 3 is 0.800 bits per heavy atom. The quantitative estimate of drug-likeness (QED) is 0.0261. The summed E-state index contributed by atoms with van der Waals surface area (Å²) in [7, 11) is 0. The minimum Gasteiger partial charge on any atom is -0.462 e. The van der Waals surface area contributed by atoms with E-state index in [0.717, 1.165) is 83.5 Å². The van der Waals surface area contributed by atoms with Crippen LogP contribution in [0.1, 0.15) is 310 Å². The van der Waals surface area contributed by atoms with Crippen molar-refractivity contribution >= 4 is 17.9 Å². The number of carbonyl (C=O) groups is 3. The van der Waals surface area contributed by atoms with E-state index < -0.39 is 6.10 Å². The summed E-state index contributed by atoms with van der Waals surface area (Å²) in [4.78, 5) is 38.1. The highest BCUT2D eigenvalue weighted by molar-refractivity contribution is 5.71. The molecule has 0 aliphatic carbocycles. The van der Waals surface area contributed by atoms with Gasteiger partial charge in [0, 0.05) is 19.3 Å². The highest BCUT2D eigenvalue weighted by atomic mass is 16.6. The Balaban J connectivity index is 4.31. The average molecular weight is 980 g/mol. The Hall–Kier alpha value is -2.89. The first-order valence-corrected chi connectivity index (χ1v) is 30.3. The molecule has 0 heterocycles. The number of ether oxygens (including phenoxy) is 3. The van der Waals surface area contributed by atoms with Crippen LogP contribution < -0.4 is 0 Å². The molecule has 0 bridgehead atoms. The van der Waals surface area contributed by atoms with Crippen LogP contribution in [0.2, 0.25) is 0 Å². The van der Waals surface area contributed by atoms with E-state index in [1.54, 1.807) is 0 Å². The molecule has 0 amide bonds. The van der Waals surface area contributed by atoms with Gasteiger partial charge in [0.25, 0.3) is 0 Å². The fourth-order valence-electron chi connectivity index (χ4n) is 8.66. The molecule has 0 aliphatic rings. The molecule has 1 unspecified atom stereocenters. The Kier molecular flexibility index (Phi) is 56.3. The lowest BCUT2D eigenvalue weighted by Crippen LogP contribution is -2.30. The summed E-state index contributed by atoms with van der Waals surface area (Å²) in [6.07, 6.45) is 73.6. The van der Waals surface area contributed by atoms with Crippen LogP contribution >= 0.6 is 0 Å². The van der Waals surface area contributed by atoms with Crippen molar-refractivity contribution in [3.8, 4) is 0 Å².